The Morgan fingerprint density at radius 3 is 2.27 bits per heavy atom. The number of anilines is 3. The first-order valence-electron chi connectivity index (χ1n) is 9.23. The van der Waals surface area contributed by atoms with Crippen molar-refractivity contribution in [3.63, 3.8) is 0 Å². The van der Waals surface area contributed by atoms with E-state index in [2.05, 4.69) is 50.8 Å². The third kappa shape index (κ3) is 3.58. The van der Waals surface area contributed by atoms with E-state index in [0.29, 0.717) is 11.1 Å². The van der Waals surface area contributed by atoms with Crippen LogP contribution in [0.25, 0.3) is 0 Å². The molecular formula is C19H24N6S. The molecule has 0 amide bonds. The van der Waals surface area contributed by atoms with Crippen LogP contribution in [-0.2, 0) is 13.1 Å². The molecular weight excluding hydrogens is 344 g/mol. The highest BCUT2D eigenvalue weighted by Crippen LogP contribution is 2.30. The minimum atomic E-state index is 0.557. The van der Waals surface area contributed by atoms with Gasteiger partial charge in [-0.1, -0.05) is 24.3 Å². The summed E-state index contributed by atoms with van der Waals surface area (Å²) in [4.78, 5) is 14.1. The molecule has 2 aliphatic rings. The van der Waals surface area contributed by atoms with Crippen LogP contribution in [0.3, 0.4) is 0 Å². The fraction of sp³-hybridized carbons (Fsp3) is 0.421. The van der Waals surface area contributed by atoms with Crippen molar-refractivity contribution < 1.29 is 0 Å². The lowest BCUT2D eigenvalue weighted by atomic mass is 10.1. The molecule has 3 heterocycles. The number of nitrogens with one attached hydrogen (secondary N) is 2. The molecule has 1 aromatic carbocycles. The summed E-state index contributed by atoms with van der Waals surface area (Å²) in [5.41, 5.74) is 2.73. The van der Waals surface area contributed by atoms with Crippen molar-refractivity contribution in [1.82, 2.24) is 15.3 Å². The molecule has 0 bridgehead atoms. The summed E-state index contributed by atoms with van der Waals surface area (Å²) in [5, 5.41) is 6.79. The van der Waals surface area contributed by atoms with Gasteiger partial charge in [-0.3, -0.25) is 0 Å². The van der Waals surface area contributed by atoms with E-state index >= 15 is 0 Å². The van der Waals surface area contributed by atoms with Gasteiger partial charge in [0.15, 0.2) is 5.11 Å². The van der Waals surface area contributed by atoms with Crippen molar-refractivity contribution in [2.45, 2.75) is 32.9 Å². The zero-order valence-electron chi connectivity index (χ0n) is 15.0. The highest BCUT2D eigenvalue weighted by atomic mass is 32.1. The van der Waals surface area contributed by atoms with Gasteiger partial charge in [0.2, 0.25) is 5.95 Å². The van der Waals surface area contributed by atoms with Crippen molar-refractivity contribution >= 4 is 34.9 Å². The maximum absolute atomic E-state index is 5.32. The summed E-state index contributed by atoms with van der Waals surface area (Å²) in [6.45, 7) is 6.64. The molecule has 1 saturated heterocycles. The van der Waals surface area contributed by atoms with Crippen LogP contribution in [-0.4, -0.2) is 34.7 Å². The molecule has 6 nitrogen and oxygen atoms in total. The molecule has 0 saturated carbocycles. The summed E-state index contributed by atoms with van der Waals surface area (Å²) in [5.74, 6) is 2.48. The minimum Gasteiger partial charge on any atom is -0.363 e. The van der Waals surface area contributed by atoms with Gasteiger partial charge in [-0.25, -0.2) is 0 Å². The Kier molecular flexibility index (Phi) is 4.88. The number of hydrogen-bond donors (Lipinski definition) is 2. The van der Waals surface area contributed by atoms with Crippen molar-refractivity contribution in [3.8, 4) is 0 Å². The van der Waals surface area contributed by atoms with Crippen LogP contribution in [0, 0.1) is 0 Å². The van der Waals surface area contributed by atoms with E-state index in [-0.39, 0.29) is 0 Å². The zero-order chi connectivity index (χ0) is 17.9. The molecule has 2 aliphatic heterocycles. The molecule has 0 radical (unpaired) electrons. The quantitative estimate of drug-likeness (QED) is 0.805. The number of rotatable bonds is 4. The van der Waals surface area contributed by atoms with Crippen LogP contribution in [0.4, 0.5) is 17.6 Å². The largest absolute Gasteiger partial charge is 0.363 e. The Labute approximate surface area is 159 Å². The topological polar surface area (TPSA) is 56.3 Å². The summed E-state index contributed by atoms with van der Waals surface area (Å²) in [6.07, 6.45) is 2.43. The first-order chi connectivity index (χ1) is 12.7. The number of benzene rings is 1. The van der Waals surface area contributed by atoms with Crippen LogP contribution in [0.15, 0.2) is 30.3 Å². The van der Waals surface area contributed by atoms with Gasteiger partial charge in [0.05, 0.1) is 0 Å². The lowest BCUT2D eigenvalue weighted by Gasteiger charge is -2.22. The first-order valence-corrected chi connectivity index (χ1v) is 9.64. The van der Waals surface area contributed by atoms with Crippen LogP contribution in [0.1, 0.15) is 30.9 Å². The molecule has 2 N–H and O–H groups in total. The van der Waals surface area contributed by atoms with E-state index in [1.54, 1.807) is 0 Å². The van der Waals surface area contributed by atoms with Crippen LogP contribution in [0.5, 0.6) is 0 Å². The standard InChI is InChI=1S/C19H24N6S/c1-2-20-19(26)23-18-21-16(24-9-5-6-10-24)11-17(22-18)25-12-14-7-3-4-8-15(14)13-25/h3-4,7-8,11H,2,5-6,9-10,12-13H2,1H3,(H2,20,21,22,23,26). The van der Waals surface area contributed by atoms with Crippen LogP contribution in [0.2, 0.25) is 0 Å². The van der Waals surface area contributed by atoms with Crippen LogP contribution >= 0.6 is 12.2 Å². The Morgan fingerprint density at radius 2 is 1.65 bits per heavy atom. The molecule has 26 heavy (non-hydrogen) atoms. The van der Waals surface area contributed by atoms with Gasteiger partial charge < -0.3 is 20.4 Å². The molecule has 7 heteroatoms. The maximum atomic E-state index is 5.32. The Bertz CT molecular complexity index is 777. The number of nitrogens with zero attached hydrogens (tertiary/aromatic N) is 4. The lowest BCUT2D eigenvalue weighted by Crippen LogP contribution is -2.30. The highest BCUT2D eigenvalue weighted by molar-refractivity contribution is 7.80. The number of hydrogen-bond acceptors (Lipinski definition) is 5. The SMILES string of the molecule is CCNC(=S)Nc1nc(N2CCCC2)cc(N2Cc3ccccc3C2)n1. The second kappa shape index (κ2) is 7.45. The van der Waals surface area contributed by atoms with E-state index in [4.69, 9.17) is 22.2 Å². The number of fused-ring (bicyclic) bond motifs is 1. The molecule has 0 atom stereocenters. The van der Waals surface area contributed by atoms with Gasteiger partial charge >= 0.3 is 0 Å². The van der Waals surface area contributed by atoms with E-state index in [0.717, 1.165) is 44.4 Å². The average molecular weight is 369 g/mol. The van der Waals surface area contributed by atoms with Crippen molar-refractivity contribution in [2.24, 2.45) is 0 Å². The highest BCUT2D eigenvalue weighted by Gasteiger charge is 2.23. The second-order valence-electron chi connectivity index (χ2n) is 6.71. The predicted octanol–water partition coefficient (Wildman–Crippen LogP) is 2.90. The molecule has 0 aliphatic carbocycles. The van der Waals surface area contributed by atoms with E-state index in [1.165, 1.54) is 24.0 Å². The smallest absolute Gasteiger partial charge is 0.232 e. The van der Waals surface area contributed by atoms with Gasteiger partial charge in [-0.2, -0.15) is 9.97 Å². The second-order valence-corrected chi connectivity index (χ2v) is 7.12. The monoisotopic (exact) mass is 368 g/mol. The number of thiocarbonyl (C=S) groups is 1. The molecule has 2 aromatic rings. The van der Waals surface area contributed by atoms with Gasteiger partial charge in [-0.15, -0.1) is 0 Å². The van der Waals surface area contributed by atoms with E-state index in [9.17, 15) is 0 Å². The Balaban J connectivity index is 1.62. The lowest BCUT2D eigenvalue weighted by molar-refractivity contribution is 0.845. The van der Waals surface area contributed by atoms with Gasteiger partial charge in [0, 0.05) is 38.8 Å². The molecule has 1 aromatic heterocycles. The fourth-order valence-corrected chi connectivity index (χ4v) is 3.79. The summed E-state index contributed by atoms with van der Waals surface area (Å²) in [6, 6.07) is 10.7. The normalized spacial score (nSPS) is 15.9. The summed E-state index contributed by atoms with van der Waals surface area (Å²) < 4.78 is 0. The van der Waals surface area contributed by atoms with Crippen LogP contribution < -0.4 is 20.4 Å². The van der Waals surface area contributed by atoms with Crippen molar-refractivity contribution in [2.75, 3.05) is 34.8 Å². The predicted molar refractivity (Wildman–Crippen MR) is 110 cm³/mol. The molecule has 1 fully saturated rings. The summed E-state index contributed by atoms with van der Waals surface area (Å²) in [7, 11) is 0. The summed E-state index contributed by atoms with van der Waals surface area (Å²) >= 11 is 5.32. The maximum Gasteiger partial charge on any atom is 0.232 e. The fourth-order valence-electron chi connectivity index (χ4n) is 3.55. The van der Waals surface area contributed by atoms with E-state index < -0.39 is 0 Å². The Morgan fingerprint density at radius 1 is 1.04 bits per heavy atom. The van der Waals surface area contributed by atoms with Crippen molar-refractivity contribution in [3.05, 3.63) is 41.5 Å². The van der Waals surface area contributed by atoms with Gasteiger partial charge in [0.25, 0.3) is 0 Å². The van der Waals surface area contributed by atoms with E-state index in [1.807, 2.05) is 6.92 Å². The average Bonchev–Trinajstić information content (AvgIpc) is 3.31. The minimum absolute atomic E-state index is 0.557. The third-order valence-electron chi connectivity index (χ3n) is 4.86. The molecule has 0 unspecified atom stereocenters. The Hall–Kier alpha value is -2.41. The number of aromatic nitrogens is 2. The van der Waals surface area contributed by atoms with Gasteiger partial charge in [-0.05, 0) is 43.1 Å². The molecule has 0 spiro atoms. The zero-order valence-corrected chi connectivity index (χ0v) is 15.9. The molecule has 136 valence electrons. The third-order valence-corrected chi connectivity index (χ3v) is 5.10. The first kappa shape index (κ1) is 17.0. The van der Waals surface area contributed by atoms with Gasteiger partial charge in [0.1, 0.15) is 11.6 Å². The molecule has 4 rings (SSSR count). The van der Waals surface area contributed by atoms with Crippen molar-refractivity contribution in [1.29, 1.82) is 0 Å².